The van der Waals surface area contributed by atoms with Crippen molar-refractivity contribution in [2.45, 2.75) is 89.3 Å². The molecule has 2 saturated heterocycles. The molecule has 8 heteroatoms. The smallest absolute Gasteiger partial charge is 0.240 e. The lowest BCUT2D eigenvalue weighted by atomic mass is 9.63. The van der Waals surface area contributed by atoms with Gasteiger partial charge in [0, 0.05) is 37.2 Å². The van der Waals surface area contributed by atoms with Gasteiger partial charge in [-0.3, -0.25) is 9.48 Å². The summed E-state index contributed by atoms with van der Waals surface area (Å²) in [6.45, 7) is 5.79. The number of carbonyl (C=O) groups is 1. The molecule has 0 unspecified atom stereocenters. The average molecular weight is 617 g/mol. The van der Waals surface area contributed by atoms with Gasteiger partial charge < -0.3 is 15.1 Å². The number of hydrogen-bond acceptors (Lipinski definition) is 5. The predicted octanol–water partition coefficient (Wildman–Crippen LogP) is 6.03. The van der Waals surface area contributed by atoms with Crippen LogP contribution < -0.4 is 5.32 Å². The van der Waals surface area contributed by atoms with E-state index < -0.39 is 0 Å². The number of amides is 1. The summed E-state index contributed by atoms with van der Waals surface area (Å²) < 4.78 is 2.03. The van der Waals surface area contributed by atoms with E-state index >= 15 is 0 Å². The summed E-state index contributed by atoms with van der Waals surface area (Å²) in [7, 11) is 0. The maximum absolute atomic E-state index is 14.3. The molecule has 3 heterocycles. The second-order valence-corrected chi connectivity index (χ2v) is 14.0. The molecule has 1 amide bonds. The van der Waals surface area contributed by atoms with Gasteiger partial charge in [0.05, 0.1) is 6.04 Å². The van der Waals surface area contributed by atoms with E-state index in [1.165, 1.54) is 37.7 Å². The minimum Gasteiger partial charge on any atom is -0.341 e. The Kier molecular flexibility index (Phi) is 10.7. The van der Waals surface area contributed by atoms with Gasteiger partial charge >= 0.3 is 0 Å². The Hall–Kier alpha value is -2.74. The Morgan fingerprint density at radius 1 is 0.909 bits per heavy atom. The fourth-order valence-corrected chi connectivity index (χ4v) is 8.18. The summed E-state index contributed by atoms with van der Waals surface area (Å²) in [5.74, 6) is 0.956. The molecule has 1 aliphatic carbocycles. The first-order valence-electron chi connectivity index (χ1n) is 16.9. The van der Waals surface area contributed by atoms with Crippen LogP contribution in [0.2, 0.25) is 5.02 Å². The van der Waals surface area contributed by atoms with Crippen molar-refractivity contribution < 1.29 is 4.79 Å². The third kappa shape index (κ3) is 8.09. The number of benzene rings is 2. The van der Waals surface area contributed by atoms with Crippen LogP contribution in [0.15, 0.2) is 67.3 Å². The number of piperidine rings is 2. The first-order chi connectivity index (χ1) is 21.6. The third-order valence-electron chi connectivity index (χ3n) is 10.7. The van der Waals surface area contributed by atoms with Crippen molar-refractivity contribution in [1.29, 1.82) is 0 Å². The highest BCUT2D eigenvalue weighted by atomic mass is 35.5. The van der Waals surface area contributed by atoms with Crippen molar-refractivity contribution in [2.75, 3.05) is 32.7 Å². The van der Waals surface area contributed by atoms with Gasteiger partial charge in [0.25, 0.3) is 0 Å². The Bertz CT molecular complexity index is 1280. The van der Waals surface area contributed by atoms with E-state index in [1.807, 2.05) is 23.1 Å². The van der Waals surface area contributed by atoms with E-state index in [0.717, 1.165) is 82.0 Å². The van der Waals surface area contributed by atoms with Crippen LogP contribution in [0, 0.1) is 11.3 Å². The quantitative estimate of drug-likeness (QED) is 0.285. The minimum atomic E-state index is -0.227. The molecule has 6 rings (SSSR count). The Morgan fingerprint density at radius 3 is 2.32 bits per heavy atom. The number of aromatic nitrogens is 3. The van der Waals surface area contributed by atoms with E-state index in [9.17, 15) is 4.79 Å². The SMILES string of the molecule is O=C([C@@H](Cc1ccc(Cl)cc1)NC1CCN(CCc2ccccc2)CC1)N1CCC(Cn2cncn2)(C2CCCCC2)CC1. The second-order valence-electron chi connectivity index (χ2n) is 13.5. The van der Waals surface area contributed by atoms with Crippen molar-refractivity contribution in [3.63, 3.8) is 0 Å². The average Bonchev–Trinajstić information content (AvgIpc) is 3.59. The number of halogens is 1. The number of carbonyl (C=O) groups excluding carboxylic acids is 1. The molecule has 1 saturated carbocycles. The molecule has 0 radical (unpaired) electrons. The maximum atomic E-state index is 14.3. The Balaban J connectivity index is 1.09. The lowest BCUT2D eigenvalue weighted by molar-refractivity contribution is -0.137. The molecule has 44 heavy (non-hydrogen) atoms. The zero-order valence-electron chi connectivity index (χ0n) is 26.1. The molecular formula is C36H49ClN6O. The molecule has 1 atom stereocenters. The lowest BCUT2D eigenvalue weighted by Crippen LogP contribution is -2.56. The van der Waals surface area contributed by atoms with E-state index in [2.05, 4.69) is 67.7 Å². The van der Waals surface area contributed by atoms with Crippen LogP contribution in [-0.2, 0) is 24.2 Å². The van der Waals surface area contributed by atoms with Crippen LogP contribution in [0.4, 0.5) is 0 Å². The second kappa shape index (κ2) is 15.0. The van der Waals surface area contributed by atoms with Crippen molar-refractivity contribution >= 4 is 17.5 Å². The van der Waals surface area contributed by atoms with Gasteiger partial charge in [-0.15, -0.1) is 0 Å². The van der Waals surface area contributed by atoms with Gasteiger partial charge in [0.15, 0.2) is 0 Å². The van der Waals surface area contributed by atoms with Crippen molar-refractivity contribution in [3.8, 4) is 0 Å². The molecular weight excluding hydrogens is 568 g/mol. The summed E-state index contributed by atoms with van der Waals surface area (Å²) in [4.78, 5) is 23.2. The summed E-state index contributed by atoms with van der Waals surface area (Å²) in [6, 6.07) is 18.9. The molecule has 3 fully saturated rings. The summed E-state index contributed by atoms with van der Waals surface area (Å²) >= 11 is 6.20. The van der Waals surface area contributed by atoms with Gasteiger partial charge in [0.2, 0.25) is 5.91 Å². The lowest BCUT2D eigenvalue weighted by Gasteiger charge is -2.48. The highest BCUT2D eigenvalue weighted by molar-refractivity contribution is 6.30. The first-order valence-corrected chi connectivity index (χ1v) is 17.3. The number of rotatable bonds is 11. The van der Waals surface area contributed by atoms with Gasteiger partial charge in [-0.05, 0) is 99.0 Å². The van der Waals surface area contributed by atoms with Crippen LogP contribution in [0.1, 0.15) is 68.9 Å². The molecule has 3 aliphatic rings. The topological polar surface area (TPSA) is 66.3 Å². The predicted molar refractivity (Wildman–Crippen MR) is 177 cm³/mol. The molecule has 0 bridgehead atoms. The zero-order chi connectivity index (χ0) is 30.2. The van der Waals surface area contributed by atoms with Crippen molar-refractivity contribution in [2.24, 2.45) is 11.3 Å². The normalized spacial score (nSPS) is 20.9. The zero-order valence-corrected chi connectivity index (χ0v) is 26.9. The highest BCUT2D eigenvalue weighted by Crippen LogP contribution is 2.47. The van der Waals surface area contributed by atoms with Crippen LogP contribution >= 0.6 is 11.6 Å². The number of nitrogens with zero attached hydrogens (tertiary/aromatic N) is 5. The van der Waals surface area contributed by atoms with Crippen LogP contribution in [0.5, 0.6) is 0 Å². The van der Waals surface area contributed by atoms with E-state index in [1.54, 1.807) is 6.33 Å². The first kappa shape index (κ1) is 31.3. The third-order valence-corrected chi connectivity index (χ3v) is 11.0. The fraction of sp³-hybridized carbons (Fsp3) is 0.583. The Labute approximate surface area is 268 Å². The molecule has 2 aliphatic heterocycles. The molecule has 7 nitrogen and oxygen atoms in total. The van der Waals surface area contributed by atoms with Crippen molar-refractivity contribution in [1.82, 2.24) is 29.9 Å². The summed E-state index contributed by atoms with van der Waals surface area (Å²) in [6.07, 6.45) is 16.1. The summed E-state index contributed by atoms with van der Waals surface area (Å²) in [5.41, 5.74) is 2.74. The van der Waals surface area contributed by atoms with Gasteiger partial charge in [-0.25, -0.2) is 4.98 Å². The molecule has 2 aromatic carbocycles. The largest absolute Gasteiger partial charge is 0.341 e. The molecule has 1 N–H and O–H groups in total. The van der Waals surface area contributed by atoms with Crippen LogP contribution in [0.25, 0.3) is 0 Å². The Morgan fingerprint density at radius 2 is 1.64 bits per heavy atom. The molecule has 236 valence electrons. The highest BCUT2D eigenvalue weighted by Gasteiger charge is 2.44. The monoisotopic (exact) mass is 616 g/mol. The number of nitrogens with one attached hydrogen (secondary N) is 1. The van der Waals surface area contributed by atoms with E-state index in [0.29, 0.717) is 18.4 Å². The van der Waals surface area contributed by atoms with Crippen molar-refractivity contribution in [3.05, 3.63) is 83.4 Å². The fourth-order valence-electron chi connectivity index (χ4n) is 8.05. The minimum absolute atomic E-state index is 0.191. The molecule has 0 spiro atoms. The molecule has 1 aromatic heterocycles. The van der Waals surface area contributed by atoms with Gasteiger partial charge in [-0.2, -0.15) is 5.10 Å². The summed E-state index contributed by atoms with van der Waals surface area (Å²) in [5, 5.41) is 9.07. The van der Waals surface area contributed by atoms with E-state index in [4.69, 9.17) is 11.6 Å². The van der Waals surface area contributed by atoms with Gasteiger partial charge in [-0.1, -0.05) is 73.3 Å². The molecule has 3 aromatic rings. The van der Waals surface area contributed by atoms with Crippen LogP contribution in [0.3, 0.4) is 0 Å². The maximum Gasteiger partial charge on any atom is 0.240 e. The van der Waals surface area contributed by atoms with E-state index in [-0.39, 0.29) is 17.4 Å². The standard InChI is InChI=1S/C36H49ClN6O/c37-32-13-11-30(12-14-32)25-34(40-33-16-21-41(22-17-33)20-15-29-7-3-1-4-8-29)35(44)42-23-18-36(19-24-42,26-43-28-38-27-39-43)31-9-5-2-6-10-31/h1,3-4,7-8,11-14,27-28,31,33-34,40H,2,5-6,9-10,15-26H2/t34-/m1/s1. The number of likely N-dealkylation sites (tertiary alicyclic amines) is 2. The number of hydrogen-bond donors (Lipinski definition) is 1. The van der Waals surface area contributed by atoms with Gasteiger partial charge in [0.1, 0.15) is 12.7 Å². The van der Waals surface area contributed by atoms with Crippen LogP contribution in [-0.4, -0.2) is 75.3 Å².